The van der Waals surface area contributed by atoms with Gasteiger partial charge in [0.2, 0.25) is 5.43 Å². The Morgan fingerprint density at radius 1 is 1.33 bits per heavy atom. The van der Waals surface area contributed by atoms with Crippen molar-refractivity contribution >= 4 is 17.9 Å². The van der Waals surface area contributed by atoms with Crippen LogP contribution in [0.5, 0.6) is 0 Å². The smallest absolute Gasteiger partial charge is 0.220 e. The Kier molecular flexibility index (Phi) is 5.91. The van der Waals surface area contributed by atoms with Crippen molar-refractivity contribution in [1.29, 1.82) is 0 Å². The fourth-order valence-corrected chi connectivity index (χ4v) is 2.17. The van der Waals surface area contributed by atoms with E-state index < -0.39 is 0 Å². The highest BCUT2D eigenvalue weighted by molar-refractivity contribution is 7.71. The molecule has 0 heterocycles. The van der Waals surface area contributed by atoms with E-state index in [-0.39, 0.29) is 5.43 Å². The maximum atomic E-state index is 11.6. The van der Waals surface area contributed by atoms with Crippen molar-refractivity contribution in [3.8, 4) is 0 Å². The quantitative estimate of drug-likeness (QED) is 0.576. The summed E-state index contributed by atoms with van der Waals surface area (Å²) in [7, 11) is 4.02. The van der Waals surface area contributed by atoms with Crippen LogP contribution in [0, 0.1) is 4.51 Å². The molecule has 0 saturated carbocycles. The lowest BCUT2D eigenvalue weighted by molar-refractivity contribution is 0.126. The standard InChI is InChI=1S/C13H22N2O2S/c1-9(2)10-11(12(16)13(10)18)14-5-7-17-8-6-15(3)4/h9,14H,5-8H2,1-4H3. The van der Waals surface area contributed by atoms with E-state index in [1.807, 2.05) is 27.9 Å². The van der Waals surface area contributed by atoms with Crippen molar-refractivity contribution in [2.45, 2.75) is 19.8 Å². The summed E-state index contributed by atoms with van der Waals surface area (Å²) >= 11 is 5.05. The van der Waals surface area contributed by atoms with Crippen molar-refractivity contribution in [3.63, 3.8) is 0 Å². The van der Waals surface area contributed by atoms with Crippen LogP contribution in [-0.2, 0) is 4.74 Å². The molecule has 1 aromatic rings. The first-order chi connectivity index (χ1) is 8.45. The maximum absolute atomic E-state index is 11.6. The fourth-order valence-electron chi connectivity index (χ4n) is 1.73. The van der Waals surface area contributed by atoms with E-state index in [1.165, 1.54) is 0 Å². The Morgan fingerprint density at radius 3 is 2.56 bits per heavy atom. The zero-order valence-corrected chi connectivity index (χ0v) is 12.4. The number of nitrogens with one attached hydrogen (secondary N) is 1. The molecule has 0 aliphatic carbocycles. The van der Waals surface area contributed by atoms with Crippen LogP contribution in [0.1, 0.15) is 25.3 Å². The van der Waals surface area contributed by atoms with Crippen LogP contribution in [0.3, 0.4) is 0 Å². The monoisotopic (exact) mass is 270 g/mol. The summed E-state index contributed by atoms with van der Waals surface area (Å²) in [5.74, 6) is 0.298. The lowest BCUT2D eigenvalue weighted by Gasteiger charge is -2.17. The maximum Gasteiger partial charge on any atom is 0.220 e. The molecule has 0 radical (unpaired) electrons. The second-order valence-electron chi connectivity index (χ2n) is 4.94. The lowest BCUT2D eigenvalue weighted by Crippen LogP contribution is -2.25. The van der Waals surface area contributed by atoms with E-state index in [9.17, 15) is 4.79 Å². The molecule has 0 fully saturated rings. The first-order valence-electron chi connectivity index (χ1n) is 6.24. The first kappa shape index (κ1) is 15.3. The number of likely N-dealkylation sites (N-methyl/N-ethyl adjacent to an activating group) is 1. The molecule has 5 heteroatoms. The minimum atomic E-state index is -0.0259. The van der Waals surface area contributed by atoms with Gasteiger partial charge in [-0.2, -0.15) is 0 Å². The van der Waals surface area contributed by atoms with E-state index in [4.69, 9.17) is 17.0 Å². The van der Waals surface area contributed by atoms with E-state index >= 15 is 0 Å². The molecule has 1 N–H and O–H groups in total. The van der Waals surface area contributed by atoms with Gasteiger partial charge >= 0.3 is 0 Å². The van der Waals surface area contributed by atoms with Gasteiger partial charge in [0.15, 0.2) is 0 Å². The summed E-state index contributed by atoms with van der Waals surface area (Å²) in [5.41, 5.74) is 1.65. The van der Waals surface area contributed by atoms with E-state index in [2.05, 4.69) is 10.2 Å². The van der Waals surface area contributed by atoms with Gasteiger partial charge in [-0.3, -0.25) is 4.79 Å². The van der Waals surface area contributed by atoms with Crippen LogP contribution in [-0.4, -0.2) is 45.3 Å². The van der Waals surface area contributed by atoms with Gasteiger partial charge in [0.1, 0.15) is 0 Å². The molecule has 0 aromatic heterocycles. The second-order valence-corrected chi connectivity index (χ2v) is 5.35. The summed E-state index contributed by atoms with van der Waals surface area (Å²) in [6.45, 7) is 6.95. The minimum Gasteiger partial charge on any atom is -0.379 e. The molecule has 0 atom stereocenters. The summed E-state index contributed by atoms with van der Waals surface area (Å²) in [4.78, 5) is 13.6. The Hall–Kier alpha value is -0.780. The third-order valence-electron chi connectivity index (χ3n) is 2.76. The molecular formula is C13H22N2O2S. The molecule has 18 heavy (non-hydrogen) atoms. The molecule has 0 spiro atoms. The average Bonchev–Trinajstić information content (AvgIpc) is 2.30. The molecule has 0 aliphatic rings. The molecule has 0 unspecified atom stereocenters. The van der Waals surface area contributed by atoms with E-state index in [0.717, 1.165) is 12.1 Å². The van der Waals surface area contributed by atoms with Crippen molar-refractivity contribution in [3.05, 3.63) is 20.3 Å². The summed E-state index contributed by atoms with van der Waals surface area (Å²) in [6, 6.07) is 0. The normalized spacial score (nSPS) is 11.7. The highest BCUT2D eigenvalue weighted by atomic mass is 32.1. The molecule has 102 valence electrons. The molecular weight excluding hydrogens is 248 g/mol. The number of anilines is 1. The SMILES string of the molecule is CC(C)c1c(NCCOCCN(C)C)c(=O)c1=S. The Balaban J connectivity index is 2.30. The topological polar surface area (TPSA) is 41.6 Å². The summed E-state index contributed by atoms with van der Waals surface area (Å²) < 4.78 is 5.94. The Labute approximate surface area is 114 Å². The second kappa shape index (κ2) is 6.97. The average molecular weight is 270 g/mol. The number of nitrogens with zero attached hydrogens (tertiary/aromatic N) is 1. The van der Waals surface area contributed by atoms with Crippen LogP contribution >= 0.6 is 12.2 Å². The molecule has 0 saturated heterocycles. The molecule has 1 aromatic carbocycles. The number of hydrogen-bond donors (Lipinski definition) is 1. The number of ether oxygens (including phenoxy) is 1. The van der Waals surface area contributed by atoms with Crippen molar-refractivity contribution in [2.24, 2.45) is 0 Å². The van der Waals surface area contributed by atoms with Crippen molar-refractivity contribution in [1.82, 2.24) is 4.90 Å². The van der Waals surface area contributed by atoms with Gasteiger partial charge in [-0.05, 0) is 20.0 Å². The zero-order valence-electron chi connectivity index (χ0n) is 11.6. The Bertz CT molecular complexity index is 448. The van der Waals surface area contributed by atoms with Gasteiger partial charge in [-0.25, -0.2) is 0 Å². The molecule has 1 rings (SSSR count). The molecule has 4 nitrogen and oxygen atoms in total. The van der Waals surface area contributed by atoms with Gasteiger partial charge in [-0.1, -0.05) is 26.1 Å². The van der Waals surface area contributed by atoms with Crippen LogP contribution < -0.4 is 10.7 Å². The zero-order chi connectivity index (χ0) is 13.7. The van der Waals surface area contributed by atoms with Crippen molar-refractivity contribution < 1.29 is 4.74 Å². The van der Waals surface area contributed by atoms with Gasteiger partial charge in [0.25, 0.3) is 0 Å². The third-order valence-corrected chi connectivity index (χ3v) is 3.16. The van der Waals surface area contributed by atoms with Crippen LogP contribution in [0.15, 0.2) is 4.79 Å². The van der Waals surface area contributed by atoms with Crippen molar-refractivity contribution in [2.75, 3.05) is 45.7 Å². The highest BCUT2D eigenvalue weighted by Crippen LogP contribution is 2.25. The van der Waals surface area contributed by atoms with Crippen LogP contribution in [0.2, 0.25) is 0 Å². The van der Waals surface area contributed by atoms with E-state index in [0.29, 0.717) is 35.9 Å². The minimum absolute atomic E-state index is 0.0259. The van der Waals surface area contributed by atoms with Gasteiger partial charge in [-0.15, -0.1) is 0 Å². The predicted octanol–water partition coefficient (Wildman–Crippen LogP) is 1.77. The van der Waals surface area contributed by atoms with E-state index in [1.54, 1.807) is 0 Å². The largest absolute Gasteiger partial charge is 0.379 e. The van der Waals surface area contributed by atoms with Crippen LogP contribution in [0.4, 0.5) is 5.69 Å². The van der Waals surface area contributed by atoms with Gasteiger partial charge in [0.05, 0.1) is 23.4 Å². The Morgan fingerprint density at radius 2 is 2.00 bits per heavy atom. The van der Waals surface area contributed by atoms with Gasteiger partial charge < -0.3 is 15.0 Å². The number of rotatable bonds is 8. The fraction of sp³-hybridized carbons (Fsp3) is 0.692. The molecule has 0 bridgehead atoms. The summed E-state index contributed by atoms with van der Waals surface area (Å²) in [5, 5.41) is 3.12. The van der Waals surface area contributed by atoms with Crippen LogP contribution in [0.25, 0.3) is 0 Å². The third kappa shape index (κ3) is 3.86. The van der Waals surface area contributed by atoms with Gasteiger partial charge in [0, 0.05) is 18.7 Å². The molecule has 0 aliphatic heterocycles. The molecule has 0 amide bonds. The number of hydrogen-bond acceptors (Lipinski definition) is 5. The predicted molar refractivity (Wildman–Crippen MR) is 77.9 cm³/mol. The summed E-state index contributed by atoms with van der Waals surface area (Å²) in [6.07, 6.45) is 0. The lowest BCUT2D eigenvalue weighted by atomic mass is 9.97. The highest BCUT2D eigenvalue weighted by Gasteiger charge is 2.19. The first-order valence-corrected chi connectivity index (χ1v) is 6.65.